The van der Waals surface area contributed by atoms with Crippen molar-refractivity contribution in [2.45, 2.75) is 45.7 Å². The molecule has 1 aliphatic rings. The van der Waals surface area contributed by atoms with Gasteiger partial charge in [-0.1, -0.05) is 6.92 Å². The molecule has 0 radical (unpaired) electrons. The number of nitrogens with one attached hydrogen (secondary N) is 1. The van der Waals surface area contributed by atoms with Crippen LogP contribution in [0.5, 0.6) is 0 Å². The number of nitrogens with zero attached hydrogens (tertiary/aromatic N) is 1. The van der Waals surface area contributed by atoms with E-state index in [4.69, 9.17) is 0 Å². The molecule has 96 valence electrons. The summed E-state index contributed by atoms with van der Waals surface area (Å²) in [6, 6.07) is 2.23. The molecule has 1 aliphatic heterocycles. The van der Waals surface area contributed by atoms with Crippen molar-refractivity contribution in [2.75, 3.05) is 19.6 Å². The highest BCUT2D eigenvalue weighted by molar-refractivity contribution is 7.10. The highest BCUT2D eigenvalue weighted by Crippen LogP contribution is 2.21. The average molecular weight is 252 g/mol. The Kier molecular flexibility index (Phi) is 4.23. The molecule has 0 bridgehead atoms. The summed E-state index contributed by atoms with van der Waals surface area (Å²) < 4.78 is 0. The van der Waals surface area contributed by atoms with Crippen molar-refractivity contribution in [2.24, 2.45) is 0 Å². The fourth-order valence-electron chi connectivity index (χ4n) is 2.46. The zero-order valence-electron chi connectivity index (χ0n) is 11.3. The summed E-state index contributed by atoms with van der Waals surface area (Å²) in [5.74, 6) is 0. The molecule has 0 aromatic carbocycles. The summed E-state index contributed by atoms with van der Waals surface area (Å²) in [6.45, 7) is 11.5. The first-order valence-electron chi connectivity index (χ1n) is 6.63. The normalized spacial score (nSPS) is 27.0. The van der Waals surface area contributed by atoms with Gasteiger partial charge in [-0.3, -0.25) is 4.90 Å². The Labute approximate surface area is 109 Å². The summed E-state index contributed by atoms with van der Waals surface area (Å²) in [5.41, 5.74) is 1.74. The van der Waals surface area contributed by atoms with E-state index in [9.17, 15) is 0 Å². The number of hydrogen-bond donors (Lipinski definition) is 1. The maximum absolute atomic E-state index is 3.69. The molecular weight excluding hydrogens is 228 g/mol. The highest BCUT2D eigenvalue weighted by atomic mass is 32.1. The molecule has 1 fully saturated rings. The summed E-state index contributed by atoms with van der Waals surface area (Å²) in [5, 5.41) is 5.90. The van der Waals surface area contributed by atoms with Gasteiger partial charge in [0.15, 0.2) is 0 Å². The molecule has 2 nitrogen and oxygen atoms in total. The zero-order valence-corrected chi connectivity index (χ0v) is 12.1. The first-order valence-corrected chi connectivity index (χ1v) is 7.51. The molecule has 2 heterocycles. The van der Waals surface area contributed by atoms with E-state index >= 15 is 0 Å². The van der Waals surface area contributed by atoms with Crippen molar-refractivity contribution in [1.29, 1.82) is 0 Å². The van der Waals surface area contributed by atoms with Crippen molar-refractivity contribution in [3.8, 4) is 0 Å². The zero-order chi connectivity index (χ0) is 12.3. The maximum Gasteiger partial charge on any atom is 0.0331 e. The molecule has 0 aliphatic carbocycles. The Morgan fingerprint density at radius 2 is 2.35 bits per heavy atom. The number of aryl methyl sites for hydroxylation is 1. The van der Waals surface area contributed by atoms with Crippen molar-refractivity contribution in [3.63, 3.8) is 0 Å². The van der Waals surface area contributed by atoms with Crippen LogP contribution in [0.2, 0.25) is 0 Å². The van der Waals surface area contributed by atoms with E-state index in [0.717, 1.165) is 13.1 Å². The molecule has 1 unspecified atom stereocenters. The summed E-state index contributed by atoms with van der Waals surface area (Å²) in [7, 11) is 0. The predicted octanol–water partition coefficient (Wildman–Crippen LogP) is 3.02. The molecule has 0 saturated carbocycles. The summed E-state index contributed by atoms with van der Waals surface area (Å²) >= 11 is 1.90. The van der Waals surface area contributed by atoms with E-state index in [1.807, 2.05) is 11.3 Å². The minimum Gasteiger partial charge on any atom is -0.310 e. The molecule has 0 amide bonds. The van der Waals surface area contributed by atoms with E-state index in [1.165, 1.54) is 36.4 Å². The molecule has 1 aromatic rings. The van der Waals surface area contributed by atoms with Crippen molar-refractivity contribution in [1.82, 2.24) is 10.2 Å². The van der Waals surface area contributed by atoms with Gasteiger partial charge in [-0.2, -0.15) is 0 Å². The first kappa shape index (κ1) is 13.1. The monoisotopic (exact) mass is 252 g/mol. The number of hydrogen-bond acceptors (Lipinski definition) is 3. The molecule has 2 rings (SSSR count). The molecular formula is C14H24N2S. The smallest absolute Gasteiger partial charge is 0.0331 e. The van der Waals surface area contributed by atoms with E-state index in [2.05, 4.69) is 42.4 Å². The van der Waals surface area contributed by atoms with Crippen molar-refractivity contribution in [3.05, 3.63) is 21.9 Å². The molecule has 0 spiro atoms. The average Bonchev–Trinajstić information content (AvgIpc) is 2.60. The highest BCUT2D eigenvalue weighted by Gasteiger charge is 2.27. The second-order valence-electron chi connectivity index (χ2n) is 5.43. The Morgan fingerprint density at radius 3 is 3.00 bits per heavy atom. The van der Waals surface area contributed by atoms with Crippen molar-refractivity contribution < 1.29 is 0 Å². The number of thiophene rings is 1. The van der Waals surface area contributed by atoms with E-state index in [0.29, 0.717) is 5.54 Å². The fraction of sp³-hybridized carbons (Fsp3) is 0.714. The second kappa shape index (κ2) is 5.51. The van der Waals surface area contributed by atoms with Gasteiger partial charge in [0.05, 0.1) is 0 Å². The standard InChI is InChI=1S/C14H24N2S/c1-4-14(3)11-16(8-5-7-15-14)10-13-12(2)6-9-17-13/h6,9,15H,4-5,7-8,10-11H2,1-3H3. The van der Waals surface area contributed by atoms with Gasteiger partial charge >= 0.3 is 0 Å². The van der Waals surface area contributed by atoms with Gasteiger partial charge in [-0.15, -0.1) is 11.3 Å². The van der Waals surface area contributed by atoms with Crippen LogP contribution in [-0.2, 0) is 6.54 Å². The summed E-state index contributed by atoms with van der Waals surface area (Å²) in [6.07, 6.45) is 2.47. The minimum absolute atomic E-state index is 0.293. The Bertz CT molecular complexity index is 361. The van der Waals surface area contributed by atoms with Crippen LogP contribution < -0.4 is 5.32 Å². The molecule has 3 heteroatoms. The summed E-state index contributed by atoms with van der Waals surface area (Å²) in [4.78, 5) is 4.15. The Hall–Kier alpha value is -0.380. The topological polar surface area (TPSA) is 15.3 Å². The lowest BCUT2D eigenvalue weighted by Crippen LogP contribution is -2.48. The molecule has 1 saturated heterocycles. The molecule has 17 heavy (non-hydrogen) atoms. The van der Waals surface area contributed by atoms with Gasteiger partial charge in [-0.25, -0.2) is 0 Å². The van der Waals surface area contributed by atoms with Crippen LogP contribution in [0.25, 0.3) is 0 Å². The number of rotatable bonds is 3. The van der Waals surface area contributed by atoms with Gasteiger partial charge in [0, 0.05) is 23.5 Å². The maximum atomic E-state index is 3.69. The lowest BCUT2D eigenvalue weighted by Gasteiger charge is -2.32. The Balaban J connectivity index is 2.02. The third kappa shape index (κ3) is 3.30. The van der Waals surface area contributed by atoms with E-state index in [-0.39, 0.29) is 0 Å². The molecule has 1 aromatic heterocycles. The van der Waals surface area contributed by atoms with Crippen LogP contribution in [0.3, 0.4) is 0 Å². The van der Waals surface area contributed by atoms with Crippen LogP contribution in [-0.4, -0.2) is 30.1 Å². The Morgan fingerprint density at radius 1 is 1.53 bits per heavy atom. The van der Waals surface area contributed by atoms with E-state index in [1.54, 1.807) is 0 Å². The lowest BCUT2D eigenvalue weighted by atomic mass is 9.98. The van der Waals surface area contributed by atoms with Crippen LogP contribution in [0, 0.1) is 6.92 Å². The third-order valence-corrected chi connectivity index (χ3v) is 4.90. The van der Waals surface area contributed by atoms with Crippen LogP contribution in [0.1, 0.15) is 37.1 Å². The lowest BCUT2D eigenvalue weighted by molar-refractivity contribution is 0.210. The quantitative estimate of drug-likeness (QED) is 0.889. The largest absolute Gasteiger partial charge is 0.310 e. The van der Waals surface area contributed by atoms with Gasteiger partial charge in [-0.05, 0) is 56.8 Å². The SMILES string of the molecule is CCC1(C)CN(Cc2sccc2C)CCCN1. The molecule has 1 atom stereocenters. The van der Waals surface area contributed by atoms with Gasteiger partial charge < -0.3 is 5.32 Å². The second-order valence-corrected chi connectivity index (χ2v) is 6.43. The van der Waals surface area contributed by atoms with Crippen molar-refractivity contribution >= 4 is 11.3 Å². The van der Waals surface area contributed by atoms with Gasteiger partial charge in [0.1, 0.15) is 0 Å². The third-order valence-electron chi connectivity index (χ3n) is 3.89. The molecule has 1 N–H and O–H groups in total. The van der Waals surface area contributed by atoms with Gasteiger partial charge in [0.2, 0.25) is 0 Å². The minimum atomic E-state index is 0.293. The van der Waals surface area contributed by atoms with Gasteiger partial charge in [0.25, 0.3) is 0 Å². The van der Waals surface area contributed by atoms with Crippen LogP contribution in [0.4, 0.5) is 0 Å². The van der Waals surface area contributed by atoms with Crippen LogP contribution in [0.15, 0.2) is 11.4 Å². The first-order chi connectivity index (χ1) is 8.13. The van der Waals surface area contributed by atoms with Crippen LogP contribution >= 0.6 is 11.3 Å². The fourth-order valence-corrected chi connectivity index (χ4v) is 3.41. The van der Waals surface area contributed by atoms with E-state index < -0.39 is 0 Å². The predicted molar refractivity (Wildman–Crippen MR) is 75.6 cm³/mol.